The van der Waals surface area contributed by atoms with Crippen molar-refractivity contribution >= 4 is 12.4 Å². The summed E-state index contributed by atoms with van der Waals surface area (Å²) in [6.07, 6.45) is 5.18. The molecule has 1 saturated heterocycles. The number of benzene rings is 1. The third-order valence-corrected chi connectivity index (χ3v) is 3.75. The van der Waals surface area contributed by atoms with Crippen molar-refractivity contribution in [2.75, 3.05) is 0 Å². The number of nitrogens with one attached hydrogen (secondary N) is 1. The van der Waals surface area contributed by atoms with Gasteiger partial charge in [0.15, 0.2) is 0 Å². The predicted octanol–water partition coefficient (Wildman–Crippen LogP) is 3.16. The number of hydrogen-bond donors (Lipinski definition) is 3. The molecule has 1 heterocycles. The van der Waals surface area contributed by atoms with Crippen LogP contribution in [0.4, 0.5) is 0 Å². The highest BCUT2D eigenvalue weighted by atomic mass is 35.5. The molecular formula is C15H24ClNO2. The summed E-state index contributed by atoms with van der Waals surface area (Å²) < 4.78 is 0. The molecular weight excluding hydrogens is 262 g/mol. The van der Waals surface area contributed by atoms with Crippen LogP contribution in [0.1, 0.15) is 50.7 Å². The van der Waals surface area contributed by atoms with Crippen LogP contribution in [0, 0.1) is 0 Å². The molecule has 4 heteroatoms. The smallest absolute Gasteiger partial charge is 0.115 e. The minimum atomic E-state index is -0.531. The van der Waals surface area contributed by atoms with E-state index in [1.54, 1.807) is 18.2 Å². The summed E-state index contributed by atoms with van der Waals surface area (Å²) in [5.74, 6) is 0.215. The van der Waals surface area contributed by atoms with Crippen LogP contribution in [-0.4, -0.2) is 22.3 Å². The molecule has 108 valence electrons. The normalized spacial score (nSPS) is 24.5. The van der Waals surface area contributed by atoms with Crippen LogP contribution < -0.4 is 5.32 Å². The number of aromatic hydroxyl groups is 1. The van der Waals surface area contributed by atoms with Crippen molar-refractivity contribution < 1.29 is 10.2 Å². The fourth-order valence-corrected chi connectivity index (χ4v) is 2.82. The highest BCUT2D eigenvalue weighted by Crippen LogP contribution is 2.27. The van der Waals surface area contributed by atoms with Gasteiger partial charge in [0.2, 0.25) is 0 Å². The monoisotopic (exact) mass is 285 g/mol. The Hall–Kier alpha value is -0.770. The average molecular weight is 286 g/mol. The molecule has 2 rings (SSSR count). The van der Waals surface area contributed by atoms with Gasteiger partial charge in [-0.1, -0.05) is 31.9 Å². The van der Waals surface area contributed by atoms with Crippen molar-refractivity contribution in [1.29, 1.82) is 0 Å². The Morgan fingerprint density at radius 3 is 2.84 bits per heavy atom. The van der Waals surface area contributed by atoms with Gasteiger partial charge in [-0.15, -0.1) is 12.4 Å². The van der Waals surface area contributed by atoms with E-state index in [-0.39, 0.29) is 24.2 Å². The first-order valence-corrected chi connectivity index (χ1v) is 6.93. The van der Waals surface area contributed by atoms with Crippen LogP contribution >= 0.6 is 12.4 Å². The summed E-state index contributed by atoms with van der Waals surface area (Å²) in [5, 5.41) is 23.4. The number of aliphatic hydroxyl groups is 1. The number of aliphatic hydroxyl groups excluding tert-OH is 1. The molecule has 1 fully saturated rings. The maximum Gasteiger partial charge on any atom is 0.115 e. The van der Waals surface area contributed by atoms with Crippen molar-refractivity contribution in [3.05, 3.63) is 29.8 Å². The van der Waals surface area contributed by atoms with Gasteiger partial charge >= 0.3 is 0 Å². The lowest BCUT2D eigenvalue weighted by Crippen LogP contribution is -2.45. The fraction of sp³-hybridized carbons (Fsp3) is 0.600. The van der Waals surface area contributed by atoms with Crippen molar-refractivity contribution in [3.63, 3.8) is 0 Å². The van der Waals surface area contributed by atoms with Crippen LogP contribution in [0.3, 0.4) is 0 Å². The molecule has 3 N–H and O–H groups in total. The Labute approximate surface area is 121 Å². The molecule has 3 atom stereocenters. The van der Waals surface area contributed by atoms with Gasteiger partial charge in [0, 0.05) is 12.1 Å². The second-order valence-corrected chi connectivity index (χ2v) is 5.23. The molecule has 0 spiro atoms. The van der Waals surface area contributed by atoms with Crippen LogP contribution in [-0.2, 0) is 0 Å². The molecule has 0 aliphatic carbocycles. The van der Waals surface area contributed by atoms with Gasteiger partial charge in [-0.3, -0.25) is 0 Å². The topological polar surface area (TPSA) is 52.5 Å². The first kappa shape index (κ1) is 16.3. The van der Waals surface area contributed by atoms with Gasteiger partial charge in [0.05, 0.1) is 6.10 Å². The number of phenolic OH excluding ortho intramolecular Hbond substituents is 1. The summed E-state index contributed by atoms with van der Waals surface area (Å²) in [6, 6.07) is 7.56. The highest BCUT2D eigenvalue weighted by Gasteiger charge is 2.27. The zero-order valence-corrected chi connectivity index (χ0v) is 12.2. The van der Waals surface area contributed by atoms with Gasteiger partial charge in [0.25, 0.3) is 0 Å². The molecule has 0 unspecified atom stereocenters. The Bertz CT molecular complexity index is 384. The molecule has 0 saturated carbocycles. The van der Waals surface area contributed by atoms with E-state index in [4.69, 9.17) is 0 Å². The summed E-state index contributed by atoms with van der Waals surface area (Å²) in [7, 11) is 0. The van der Waals surface area contributed by atoms with Crippen LogP contribution in [0.25, 0.3) is 0 Å². The zero-order chi connectivity index (χ0) is 13.0. The van der Waals surface area contributed by atoms with Crippen LogP contribution in [0.15, 0.2) is 24.3 Å². The van der Waals surface area contributed by atoms with Crippen molar-refractivity contribution in [3.8, 4) is 5.75 Å². The van der Waals surface area contributed by atoms with E-state index >= 15 is 0 Å². The zero-order valence-electron chi connectivity index (χ0n) is 11.4. The third-order valence-electron chi connectivity index (χ3n) is 3.75. The lowest BCUT2D eigenvalue weighted by molar-refractivity contribution is 0.0996. The minimum absolute atomic E-state index is 0. The summed E-state index contributed by atoms with van der Waals surface area (Å²) in [6.45, 7) is 2.19. The van der Waals surface area contributed by atoms with E-state index in [9.17, 15) is 10.2 Å². The first-order valence-electron chi connectivity index (χ1n) is 6.93. The summed E-state index contributed by atoms with van der Waals surface area (Å²) in [4.78, 5) is 0. The molecule has 19 heavy (non-hydrogen) atoms. The Balaban J connectivity index is 0.00000180. The molecule has 0 aromatic heterocycles. The fourth-order valence-electron chi connectivity index (χ4n) is 2.82. The lowest BCUT2D eigenvalue weighted by Gasteiger charge is -2.34. The van der Waals surface area contributed by atoms with Gasteiger partial charge in [-0.2, -0.15) is 0 Å². The maximum absolute atomic E-state index is 10.4. The quantitative estimate of drug-likeness (QED) is 0.796. The number of rotatable bonds is 4. The first-order chi connectivity index (χ1) is 8.70. The minimum Gasteiger partial charge on any atom is -0.508 e. The molecule has 1 aromatic rings. The van der Waals surface area contributed by atoms with Crippen LogP contribution in [0.5, 0.6) is 5.75 Å². The average Bonchev–Trinajstić information content (AvgIpc) is 2.39. The summed E-state index contributed by atoms with van der Waals surface area (Å²) >= 11 is 0. The highest BCUT2D eigenvalue weighted by molar-refractivity contribution is 5.85. The number of hydrogen-bond acceptors (Lipinski definition) is 3. The van der Waals surface area contributed by atoms with Crippen molar-refractivity contribution in [2.45, 2.75) is 57.2 Å². The van der Waals surface area contributed by atoms with E-state index in [1.165, 1.54) is 19.3 Å². The van der Waals surface area contributed by atoms with Gasteiger partial charge in [-0.05, 0) is 37.0 Å². The third kappa shape index (κ3) is 4.37. The maximum atomic E-state index is 10.4. The lowest BCUT2D eigenvalue weighted by atomic mass is 9.90. The second kappa shape index (κ2) is 7.73. The predicted molar refractivity (Wildman–Crippen MR) is 79.8 cm³/mol. The van der Waals surface area contributed by atoms with E-state index in [2.05, 4.69) is 12.2 Å². The van der Waals surface area contributed by atoms with Gasteiger partial charge in [0.1, 0.15) is 5.75 Å². The van der Waals surface area contributed by atoms with Crippen molar-refractivity contribution in [2.24, 2.45) is 0 Å². The van der Waals surface area contributed by atoms with Gasteiger partial charge < -0.3 is 15.5 Å². The standard InChI is InChI=1S/C15H23NO2.ClH/c1-2-5-12-7-4-9-14(16-12)15(18)11-6-3-8-13(17)10-11;/h3,6,8,10,12,14-18H,2,4-5,7,9H2,1H3;1H/t12-,14-,15+;/m1./s1. The molecule has 0 bridgehead atoms. The van der Waals surface area contributed by atoms with E-state index < -0.39 is 6.10 Å². The largest absolute Gasteiger partial charge is 0.508 e. The Kier molecular flexibility index (Phi) is 6.63. The molecule has 1 aliphatic rings. The number of piperidine rings is 1. The molecule has 0 radical (unpaired) electrons. The molecule has 3 nitrogen and oxygen atoms in total. The molecule has 1 aliphatic heterocycles. The second-order valence-electron chi connectivity index (χ2n) is 5.23. The Morgan fingerprint density at radius 2 is 2.16 bits per heavy atom. The Morgan fingerprint density at radius 1 is 1.37 bits per heavy atom. The van der Waals surface area contributed by atoms with Crippen LogP contribution in [0.2, 0.25) is 0 Å². The molecule has 0 amide bonds. The van der Waals surface area contributed by atoms with Crippen molar-refractivity contribution in [1.82, 2.24) is 5.32 Å². The van der Waals surface area contributed by atoms with Gasteiger partial charge in [-0.25, -0.2) is 0 Å². The summed E-state index contributed by atoms with van der Waals surface area (Å²) in [5.41, 5.74) is 0.796. The van der Waals surface area contributed by atoms with E-state index in [0.717, 1.165) is 18.4 Å². The SMILES string of the molecule is CCC[C@@H]1CCC[C@H]([C@@H](O)c2cccc(O)c2)N1.Cl. The van der Waals surface area contributed by atoms with E-state index in [0.29, 0.717) is 6.04 Å². The number of halogens is 1. The molecule has 1 aromatic carbocycles. The number of phenols is 1. The van der Waals surface area contributed by atoms with E-state index in [1.807, 2.05) is 6.07 Å².